The number of hydrogen-bond acceptors (Lipinski definition) is 8. The van der Waals surface area contributed by atoms with E-state index in [1.807, 2.05) is 13.8 Å². The molecule has 0 aliphatic carbocycles. The number of benzene rings is 3. The maximum absolute atomic E-state index is 13.4. The molecule has 0 spiro atoms. The molecular formula is C31H33N7O5S. The van der Waals surface area contributed by atoms with Crippen LogP contribution in [0.5, 0.6) is 5.75 Å². The average Bonchev–Trinajstić information content (AvgIpc) is 3.33. The van der Waals surface area contributed by atoms with Crippen LogP contribution in [0, 0.1) is 0 Å². The van der Waals surface area contributed by atoms with Crippen molar-refractivity contribution in [3.63, 3.8) is 0 Å². The molecule has 12 nitrogen and oxygen atoms in total. The number of ether oxygens (including phenoxy) is 1. The van der Waals surface area contributed by atoms with Crippen molar-refractivity contribution in [1.82, 2.24) is 24.5 Å². The van der Waals surface area contributed by atoms with Crippen molar-refractivity contribution >= 4 is 38.3 Å². The molecule has 5 N–H and O–H groups in total. The Bertz CT molecular complexity index is 2000. The fraction of sp³-hybridized carbons (Fsp3) is 0.226. The summed E-state index contributed by atoms with van der Waals surface area (Å²) < 4.78 is 36.6. The lowest BCUT2D eigenvalue weighted by Crippen LogP contribution is -2.23. The summed E-state index contributed by atoms with van der Waals surface area (Å²) in [6.07, 6.45) is 1.45. The van der Waals surface area contributed by atoms with Gasteiger partial charge in [-0.3, -0.25) is 14.3 Å². The molecule has 0 radical (unpaired) electrons. The Kier molecular flexibility index (Phi) is 8.78. The van der Waals surface area contributed by atoms with Crippen molar-refractivity contribution in [3.8, 4) is 17.1 Å². The van der Waals surface area contributed by atoms with Crippen molar-refractivity contribution < 1.29 is 17.9 Å². The lowest BCUT2D eigenvalue weighted by molar-refractivity contribution is 0.102. The van der Waals surface area contributed by atoms with Crippen LogP contribution in [-0.2, 0) is 30.0 Å². The first kappa shape index (κ1) is 30.4. The first-order valence-electron chi connectivity index (χ1n) is 14.1. The van der Waals surface area contributed by atoms with E-state index in [0.717, 1.165) is 6.42 Å². The summed E-state index contributed by atoms with van der Waals surface area (Å²) in [4.78, 5) is 33.1. The number of aryl methyl sites for hydroxylation is 2. The minimum atomic E-state index is -3.99. The molecule has 228 valence electrons. The molecule has 0 fully saturated rings. The van der Waals surface area contributed by atoms with Gasteiger partial charge in [0.25, 0.3) is 11.5 Å². The first-order chi connectivity index (χ1) is 21.1. The Morgan fingerprint density at radius 1 is 1.07 bits per heavy atom. The first-order valence-corrected chi connectivity index (χ1v) is 15.6. The number of nitrogens with one attached hydrogen (secondary N) is 3. The summed E-state index contributed by atoms with van der Waals surface area (Å²) in [5.41, 5.74) is 9.33. The van der Waals surface area contributed by atoms with E-state index in [2.05, 4.69) is 25.1 Å². The molecule has 0 aliphatic rings. The average molecular weight is 616 g/mol. The highest BCUT2D eigenvalue weighted by atomic mass is 32.2. The van der Waals surface area contributed by atoms with Gasteiger partial charge in [0.2, 0.25) is 10.0 Å². The van der Waals surface area contributed by atoms with Gasteiger partial charge in [0.1, 0.15) is 17.1 Å². The number of hydrogen-bond donors (Lipinski definition) is 4. The van der Waals surface area contributed by atoms with Gasteiger partial charge in [-0.05, 0) is 61.4 Å². The predicted molar refractivity (Wildman–Crippen MR) is 169 cm³/mol. The molecule has 0 saturated carbocycles. The molecule has 0 aliphatic heterocycles. The number of H-pyrrole nitrogens is 1. The normalized spacial score (nSPS) is 11.5. The summed E-state index contributed by atoms with van der Waals surface area (Å²) in [6, 6.07) is 17.9. The second-order valence-electron chi connectivity index (χ2n) is 10.1. The van der Waals surface area contributed by atoms with E-state index in [1.165, 1.54) is 16.8 Å². The van der Waals surface area contributed by atoms with Crippen LogP contribution in [0.4, 0.5) is 11.4 Å². The van der Waals surface area contributed by atoms with Crippen molar-refractivity contribution in [2.45, 2.75) is 38.1 Å². The number of aromatic nitrogens is 4. The van der Waals surface area contributed by atoms with Crippen molar-refractivity contribution in [1.29, 1.82) is 0 Å². The van der Waals surface area contributed by atoms with Gasteiger partial charge in [-0.15, -0.1) is 0 Å². The Labute approximate surface area is 254 Å². The van der Waals surface area contributed by atoms with Crippen LogP contribution in [0.1, 0.15) is 41.9 Å². The van der Waals surface area contributed by atoms with Crippen LogP contribution in [0.15, 0.2) is 76.4 Å². The van der Waals surface area contributed by atoms with E-state index in [9.17, 15) is 18.0 Å². The molecule has 0 atom stereocenters. The molecule has 2 heterocycles. The van der Waals surface area contributed by atoms with Crippen LogP contribution < -0.4 is 26.1 Å². The quantitative estimate of drug-likeness (QED) is 0.161. The molecule has 2 aromatic heterocycles. The molecule has 5 rings (SSSR count). The molecule has 0 unspecified atom stereocenters. The number of sulfonamides is 1. The number of fused-ring (bicyclic) bond motifs is 1. The molecule has 44 heavy (non-hydrogen) atoms. The van der Waals surface area contributed by atoms with Crippen LogP contribution in [0.3, 0.4) is 0 Å². The van der Waals surface area contributed by atoms with Crippen molar-refractivity contribution in [3.05, 3.63) is 93.9 Å². The number of carbonyl (C=O) groups excluding carboxylic acids is 1. The third kappa shape index (κ3) is 6.33. The number of para-hydroxylation sites is 2. The van der Waals surface area contributed by atoms with E-state index in [0.29, 0.717) is 63.6 Å². The Morgan fingerprint density at radius 2 is 1.82 bits per heavy atom. The monoisotopic (exact) mass is 615 g/mol. The van der Waals surface area contributed by atoms with Crippen LogP contribution >= 0.6 is 0 Å². The highest BCUT2D eigenvalue weighted by molar-refractivity contribution is 7.89. The lowest BCUT2D eigenvalue weighted by atomic mass is 10.1. The summed E-state index contributed by atoms with van der Waals surface area (Å²) in [5, 5.41) is 7.21. The summed E-state index contributed by atoms with van der Waals surface area (Å²) in [6.45, 7) is 4.12. The van der Waals surface area contributed by atoms with Gasteiger partial charge in [0.05, 0.1) is 34.1 Å². The fourth-order valence-corrected chi connectivity index (χ4v) is 5.81. The zero-order valence-corrected chi connectivity index (χ0v) is 25.4. The third-order valence-corrected chi connectivity index (χ3v) is 8.36. The number of nitrogens with zero attached hydrogens (tertiary/aromatic N) is 3. The zero-order chi connectivity index (χ0) is 31.4. The minimum absolute atomic E-state index is 0.0183. The molecule has 1 amide bonds. The molecule has 5 aromatic rings. The summed E-state index contributed by atoms with van der Waals surface area (Å²) in [5.74, 6) is 0.218. The minimum Gasteiger partial charge on any atom is -0.493 e. The number of anilines is 2. The molecule has 0 bridgehead atoms. The SMILES string of the molecule is CCCc1nn(C)c2c(=O)[nH]c(-c3cc(S(=O)(=O)NCc4ccc(C(=O)Nc5ccccc5N)cc4)ccc3OCC)nc12. The van der Waals surface area contributed by atoms with Crippen LogP contribution in [0.25, 0.3) is 22.4 Å². The fourth-order valence-electron chi connectivity index (χ4n) is 4.76. The maximum Gasteiger partial charge on any atom is 0.277 e. The van der Waals surface area contributed by atoms with Crippen LogP contribution in [-0.4, -0.2) is 40.7 Å². The van der Waals surface area contributed by atoms with E-state index < -0.39 is 10.0 Å². The topological polar surface area (TPSA) is 174 Å². The number of carbonyl (C=O) groups is 1. The molecule has 0 saturated heterocycles. The third-order valence-electron chi connectivity index (χ3n) is 6.96. The molecule has 13 heteroatoms. The van der Waals surface area contributed by atoms with Gasteiger partial charge in [-0.2, -0.15) is 5.10 Å². The van der Waals surface area contributed by atoms with E-state index >= 15 is 0 Å². The summed E-state index contributed by atoms with van der Waals surface area (Å²) in [7, 11) is -2.31. The number of nitrogen functional groups attached to an aromatic ring is 1. The van der Waals surface area contributed by atoms with Gasteiger partial charge in [0.15, 0.2) is 5.52 Å². The Morgan fingerprint density at radius 3 is 2.52 bits per heavy atom. The van der Waals surface area contributed by atoms with Crippen LogP contribution in [0.2, 0.25) is 0 Å². The van der Waals surface area contributed by atoms with E-state index in [4.69, 9.17) is 10.5 Å². The highest BCUT2D eigenvalue weighted by Crippen LogP contribution is 2.31. The zero-order valence-electron chi connectivity index (χ0n) is 24.5. The smallest absolute Gasteiger partial charge is 0.277 e. The standard InChI is InChI=1S/C31H33N7O5S/c1-4-8-25-27-28(38(3)37-25)31(40)36-29(35-27)22-17-21(15-16-26(22)43-5-2)44(41,42)33-18-19-11-13-20(14-12-19)30(39)34-24-10-7-6-9-23(24)32/h6-7,9-17,33H,4-5,8,18,32H2,1-3H3,(H,34,39)(H,35,36,40). The lowest BCUT2D eigenvalue weighted by Gasteiger charge is -2.13. The Hall–Kier alpha value is -5.01. The highest BCUT2D eigenvalue weighted by Gasteiger charge is 2.21. The number of nitrogens with two attached hydrogens (primary N) is 1. The second-order valence-corrected chi connectivity index (χ2v) is 11.9. The van der Waals surface area contributed by atoms with E-state index in [-0.39, 0.29) is 28.7 Å². The number of rotatable bonds is 11. The predicted octanol–water partition coefficient (Wildman–Crippen LogP) is 3.99. The van der Waals surface area contributed by atoms with Crippen molar-refractivity contribution in [2.24, 2.45) is 7.05 Å². The van der Waals surface area contributed by atoms with Gasteiger partial charge >= 0.3 is 0 Å². The number of aromatic amines is 1. The maximum atomic E-state index is 13.4. The number of amides is 1. The van der Waals surface area contributed by atoms with Gasteiger partial charge in [-0.25, -0.2) is 18.1 Å². The van der Waals surface area contributed by atoms with E-state index in [1.54, 1.807) is 61.6 Å². The van der Waals surface area contributed by atoms with Crippen molar-refractivity contribution in [2.75, 3.05) is 17.7 Å². The Balaban J connectivity index is 1.38. The van der Waals surface area contributed by atoms with Gasteiger partial charge in [0, 0.05) is 19.2 Å². The summed E-state index contributed by atoms with van der Waals surface area (Å²) >= 11 is 0. The second kappa shape index (κ2) is 12.7. The van der Waals surface area contributed by atoms with Gasteiger partial charge in [-0.1, -0.05) is 37.6 Å². The molecule has 3 aromatic carbocycles. The largest absolute Gasteiger partial charge is 0.493 e. The molecular weight excluding hydrogens is 582 g/mol. The van der Waals surface area contributed by atoms with Gasteiger partial charge < -0.3 is 20.8 Å².